The molecule has 0 aliphatic carbocycles. The average Bonchev–Trinajstić information content (AvgIpc) is 2.36. The van der Waals surface area contributed by atoms with Gasteiger partial charge >= 0.3 is 6.16 Å². The molecule has 1 aromatic carbocycles. The molecule has 1 heterocycles. The van der Waals surface area contributed by atoms with Crippen molar-refractivity contribution in [3.8, 4) is 5.75 Å². The fourth-order valence-electron chi connectivity index (χ4n) is 1.82. The molecule has 0 atom stereocenters. The van der Waals surface area contributed by atoms with Crippen molar-refractivity contribution in [2.75, 3.05) is 0 Å². The summed E-state index contributed by atoms with van der Waals surface area (Å²) in [7, 11) is 0. The van der Waals surface area contributed by atoms with Gasteiger partial charge < -0.3 is 14.4 Å². The maximum absolute atomic E-state index is 13.4. The van der Waals surface area contributed by atoms with Crippen molar-refractivity contribution < 1.29 is 19.0 Å². The lowest BCUT2D eigenvalue weighted by Gasteiger charge is -2.12. The van der Waals surface area contributed by atoms with E-state index in [-0.39, 0.29) is 21.7 Å². The van der Waals surface area contributed by atoms with Crippen LogP contribution in [-0.2, 0) is 6.54 Å². The first-order valence-corrected chi connectivity index (χ1v) is 5.75. The molecule has 0 amide bonds. The Morgan fingerprint density at radius 2 is 2.21 bits per heavy atom. The Labute approximate surface area is 111 Å². The number of aryl methyl sites for hydroxylation is 1. The highest BCUT2D eigenvalue weighted by Crippen LogP contribution is 2.26. The predicted molar refractivity (Wildman–Crippen MR) is 67.5 cm³/mol. The van der Waals surface area contributed by atoms with Gasteiger partial charge in [0.1, 0.15) is 10.8 Å². The van der Waals surface area contributed by atoms with Crippen LogP contribution < -0.4 is 10.2 Å². The van der Waals surface area contributed by atoms with E-state index in [0.717, 1.165) is 6.07 Å². The van der Waals surface area contributed by atoms with Gasteiger partial charge in [-0.2, -0.15) is 0 Å². The maximum atomic E-state index is 13.4. The Morgan fingerprint density at radius 1 is 1.53 bits per heavy atom. The number of fused-ring (bicyclic) bond motifs is 1. The van der Waals surface area contributed by atoms with Crippen molar-refractivity contribution in [2.45, 2.75) is 13.5 Å². The molecule has 7 heteroatoms. The second kappa shape index (κ2) is 4.89. The monoisotopic (exact) mass is 285 g/mol. The van der Waals surface area contributed by atoms with Crippen molar-refractivity contribution in [1.82, 2.24) is 4.57 Å². The van der Waals surface area contributed by atoms with Crippen LogP contribution in [0.4, 0.5) is 9.18 Å². The highest BCUT2D eigenvalue weighted by atomic mass is 35.5. The molecule has 19 heavy (non-hydrogen) atoms. The minimum absolute atomic E-state index is 0.104. The van der Waals surface area contributed by atoms with E-state index in [1.165, 1.54) is 16.8 Å². The minimum atomic E-state index is -1.59. The van der Waals surface area contributed by atoms with E-state index < -0.39 is 17.4 Å². The zero-order chi connectivity index (χ0) is 14.2. The fraction of sp³-hybridized carbons (Fsp3) is 0.167. The Balaban J connectivity index is 2.87. The Bertz CT molecular complexity index is 726. The summed E-state index contributed by atoms with van der Waals surface area (Å²) in [5.41, 5.74) is -0.434. The van der Waals surface area contributed by atoms with Crippen LogP contribution in [0.25, 0.3) is 10.9 Å². The number of hydrogen-bond donors (Lipinski definition) is 1. The Hall–Kier alpha value is -2.08. The molecule has 1 aromatic heterocycles. The first-order chi connectivity index (χ1) is 8.95. The minimum Gasteiger partial charge on any atom is -0.449 e. The Kier molecular flexibility index (Phi) is 3.44. The van der Waals surface area contributed by atoms with Crippen molar-refractivity contribution in [2.24, 2.45) is 0 Å². The van der Waals surface area contributed by atoms with E-state index in [2.05, 4.69) is 4.74 Å². The largest absolute Gasteiger partial charge is 0.511 e. The SMILES string of the molecule is CCn1cc(OC(=O)O)c(=O)c2ccc(F)c(Cl)c21. The zero-order valence-electron chi connectivity index (χ0n) is 9.81. The molecule has 5 nitrogen and oxygen atoms in total. The topological polar surface area (TPSA) is 68.5 Å². The first-order valence-electron chi connectivity index (χ1n) is 5.37. The molecule has 0 fully saturated rings. The third kappa shape index (κ3) is 2.26. The van der Waals surface area contributed by atoms with Gasteiger partial charge in [-0.3, -0.25) is 4.79 Å². The van der Waals surface area contributed by atoms with Crippen LogP contribution in [0.3, 0.4) is 0 Å². The van der Waals surface area contributed by atoms with Crippen LogP contribution in [0, 0.1) is 5.82 Å². The molecule has 0 aliphatic rings. The van der Waals surface area contributed by atoms with E-state index in [0.29, 0.717) is 6.54 Å². The quantitative estimate of drug-likeness (QED) is 0.862. The van der Waals surface area contributed by atoms with Crippen LogP contribution in [0.1, 0.15) is 6.92 Å². The van der Waals surface area contributed by atoms with Crippen molar-refractivity contribution >= 4 is 28.7 Å². The molecule has 2 aromatic rings. The van der Waals surface area contributed by atoms with E-state index in [4.69, 9.17) is 16.7 Å². The van der Waals surface area contributed by atoms with Gasteiger partial charge in [0.25, 0.3) is 0 Å². The van der Waals surface area contributed by atoms with Gasteiger partial charge in [-0.25, -0.2) is 9.18 Å². The lowest BCUT2D eigenvalue weighted by atomic mass is 10.2. The zero-order valence-corrected chi connectivity index (χ0v) is 10.6. The molecule has 0 spiro atoms. The third-order valence-electron chi connectivity index (χ3n) is 2.64. The number of halogens is 2. The van der Waals surface area contributed by atoms with E-state index >= 15 is 0 Å². The molecule has 0 unspecified atom stereocenters. The molecule has 0 saturated carbocycles. The standard InChI is InChI=1S/C12H9ClFNO4/c1-2-15-5-8(19-12(17)18)11(16)6-3-4-7(14)9(13)10(6)15/h3-5H,2H2,1H3,(H,17,18). The van der Waals surface area contributed by atoms with E-state index in [9.17, 15) is 14.0 Å². The average molecular weight is 286 g/mol. The van der Waals surface area contributed by atoms with Crippen LogP contribution in [0.15, 0.2) is 23.1 Å². The summed E-state index contributed by atoms with van der Waals surface area (Å²) >= 11 is 5.85. The molecule has 0 aliphatic heterocycles. The Morgan fingerprint density at radius 3 is 2.79 bits per heavy atom. The number of pyridine rings is 1. The van der Waals surface area contributed by atoms with Gasteiger partial charge in [0, 0.05) is 6.54 Å². The highest BCUT2D eigenvalue weighted by Gasteiger charge is 2.16. The first kappa shape index (κ1) is 13.4. The van der Waals surface area contributed by atoms with Crippen LogP contribution in [-0.4, -0.2) is 15.8 Å². The summed E-state index contributed by atoms with van der Waals surface area (Å²) in [6.45, 7) is 2.12. The summed E-state index contributed by atoms with van der Waals surface area (Å²) in [6.07, 6.45) is -0.392. The molecule has 2 rings (SSSR count). The number of hydrogen-bond acceptors (Lipinski definition) is 3. The number of nitrogens with zero attached hydrogens (tertiary/aromatic N) is 1. The number of carboxylic acid groups (broad SMARTS) is 1. The van der Waals surface area contributed by atoms with Gasteiger partial charge in [0.05, 0.1) is 17.1 Å². The van der Waals surface area contributed by atoms with Crippen molar-refractivity contribution in [3.05, 3.63) is 39.4 Å². The maximum Gasteiger partial charge on any atom is 0.511 e. The summed E-state index contributed by atoms with van der Waals surface area (Å²) in [6, 6.07) is 2.30. The molecule has 100 valence electrons. The molecule has 0 saturated heterocycles. The van der Waals surface area contributed by atoms with Gasteiger partial charge in [0.2, 0.25) is 5.43 Å². The molecule has 0 radical (unpaired) electrons. The van der Waals surface area contributed by atoms with Crippen molar-refractivity contribution in [3.63, 3.8) is 0 Å². The number of aromatic nitrogens is 1. The van der Waals surface area contributed by atoms with E-state index in [1.54, 1.807) is 6.92 Å². The van der Waals surface area contributed by atoms with Gasteiger partial charge in [-0.05, 0) is 19.1 Å². The van der Waals surface area contributed by atoms with Gasteiger partial charge in [0.15, 0.2) is 5.75 Å². The summed E-state index contributed by atoms with van der Waals surface area (Å²) in [4.78, 5) is 22.5. The summed E-state index contributed by atoms with van der Waals surface area (Å²) in [5.74, 6) is -0.993. The second-order valence-electron chi connectivity index (χ2n) is 3.73. The van der Waals surface area contributed by atoms with Crippen molar-refractivity contribution in [1.29, 1.82) is 0 Å². The highest BCUT2D eigenvalue weighted by molar-refractivity contribution is 6.35. The molecule has 1 N–H and O–H groups in total. The fourth-order valence-corrected chi connectivity index (χ4v) is 2.09. The number of carbonyl (C=O) groups is 1. The molecular weight excluding hydrogens is 277 g/mol. The predicted octanol–water partition coefficient (Wildman–Crippen LogP) is 2.87. The number of rotatable bonds is 2. The van der Waals surface area contributed by atoms with Crippen LogP contribution in [0.5, 0.6) is 5.75 Å². The normalized spacial score (nSPS) is 10.7. The number of benzene rings is 1. The third-order valence-corrected chi connectivity index (χ3v) is 3.00. The molecule has 0 bridgehead atoms. The molecular formula is C12H9ClFNO4. The van der Waals surface area contributed by atoms with Gasteiger partial charge in [-0.1, -0.05) is 11.6 Å². The summed E-state index contributed by atoms with van der Waals surface area (Å²) in [5, 5.41) is 8.49. The van der Waals surface area contributed by atoms with Crippen LogP contribution in [0.2, 0.25) is 5.02 Å². The van der Waals surface area contributed by atoms with Crippen LogP contribution >= 0.6 is 11.6 Å². The second-order valence-corrected chi connectivity index (χ2v) is 4.11. The van der Waals surface area contributed by atoms with Gasteiger partial charge in [-0.15, -0.1) is 0 Å². The summed E-state index contributed by atoms with van der Waals surface area (Å²) < 4.78 is 19.3. The van der Waals surface area contributed by atoms with E-state index in [1.807, 2.05) is 0 Å². The smallest absolute Gasteiger partial charge is 0.449 e. The lowest BCUT2D eigenvalue weighted by molar-refractivity contribution is 0.144. The lowest BCUT2D eigenvalue weighted by Crippen LogP contribution is -2.16. The number of ether oxygens (including phenoxy) is 1.